The van der Waals surface area contributed by atoms with Gasteiger partial charge in [0.1, 0.15) is 0 Å². The highest BCUT2D eigenvalue weighted by molar-refractivity contribution is 6.07. The molecule has 2 nitrogen and oxygen atoms in total. The Balaban J connectivity index is 1.03. The Morgan fingerprint density at radius 3 is 0.893 bits per heavy atom. The molecule has 15 aromatic rings. The lowest BCUT2D eigenvalue weighted by Gasteiger charge is -2.47. The van der Waals surface area contributed by atoms with Gasteiger partial charge in [-0.05, 0) is 170 Å². The second-order valence-corrected chi connectivity index (χ2v) is 30.3. The van der Waals surface area contributed by atoms with Gasteiger partial charge in [0.25, 0.3) is 0 Å². The van der Waals surface area contributed by atoms with Crippen LogP contribution in [0.15, 0.2) is 352 Å². The first kappa shape index (κ1) is 63.1. The molecule has 0 aromatic heterocycles. The Morgan fingerprint density at radius 2 is 0.553 bits per heavy atom. The quantitative estimate of drug-likeness (QED) is 0.127. The first-order chi connectivity index (χ1) is 50.4. The van der Waals surface area contributed by atoms with Crippen molar-refractivity contribution in [2.24, 2.45) is 0 Å². The number of nitrogens with zero attached hydrogens (tertiary/aromatic N) is 2. The van der Waals surface area contributed by atoms with Crippen molar-refractivity contribution in [1.82, 2.24) is 0 Å². The van der Waals surface area contributed by atoms with Crippen LogP contribution in [0.2, 0.25) is 0 Å². The van der Waals surface area contributed by atoms with E-state index in [2.05, 4.69) is 403 Å². The van der Waals surface area contributed by atoms with Crippen LogP contribution >= 0.6 is 0 Å². The van der Waals surface area contributed by atoms with Crippen molar-refractivity contribution >= 4 is 34.1 Å². The molecule has 494 valence electrons. The number of rotatable bonds is 11. The van der Waals surface area contributed by atoms with Gasteiger partial charge in [-0.15, -0.1) is 0 Å². The number of para-hydroxylation sites is 2. The lowest BCUT2D eigenvalue weighted by molar-refractivity contribution is 0.590. The van der Waals surface area contributed by atoms with E-state index < -0.39 is 0 Å². The molecule has 15 aromatic carbocycles. The molecule has 0 saturated heterocycles. The lowest BCUT2D eigenvalue weighted by Crippen LogP contribution is -2.31. The van der Waals surface area contributed by atoms with Crippen LogP contribution in [-0.4, -0.2) is 0 Å². The van der Waals surface area contributed by atoms with Crippen LogP contribution in [0.25, 0.3) is 89.0 Å². The van der Waals surface area contributed by atoms with Gasteiger partial charge in [-0.2, -0.15) is 0 Å². The third-order valence-electron chi connectivity index (χ3n) is 22.0. The van der Waals surface area contributed by atoms with Crippen molar-refractivity contribution in [3.8, 4) is 89.0 Å². The fourth-order valence-corrected chi connectivity index (χ4v) is 16.9. The topological polar surface area (TPSA) is 6.48 Å². The summed E-state index contributed by atoms with van der Waals surface area (Å²) in [4.78, 5) is 5.44. The molecule has 0 atom stereocenters. The monoisotopic (exact) mass is 1320 g/mol. The summed E-state index contributed by atoms with van der Waals surface area (Å²) < 4.78 is 0. The summed E-state index contributed by atoms with van der Waals surface area (Å²) in [5.74, 6) is -0.396. The third-order valence-corrected chi connectivity index (χ3v) is 22.0. The maximum absolute atomic E-state index is 2.72. The summed E-state index contributed by atoms with van der Waals surface area (Å²) in [6, 6.07) is 134. The maximum Gasteiger partial charge on any atom is 0.0618 e. The standard InChI is InChI=1S/C101H80N2/c1-100(2,3)77-53-55-79(87(64-77)70-39-21-11-22-40-70)74-51-57-91-89(60-74)96-90-61-75(80-56-54-78(101(4,5)6)65-88(80)71-41-23-12-24-42-71)52-58-92(90)103(99-85(68-35-17-9-18-36-68)49-30-50-86(99)69-37-19-10-20-38-69)94-63-76(95-81-45-27-25-43-72(81)59-73-44-26-28-46-82(73)95)62-93(97(94)96)102(91)98-83(66-31-13-7-14-32-66)47-29-48-84(98)67-33-15-8-16-34-67/h7-58,60-65,95-96H,59H2,1-6H3. The Morgan fingerprint density at radius 1 is 0.233 bits per heavy atom. The van der Waals surface area contributed by atoms with E-state index in [1.807, 2.05) is 0 Å². The molecule has 0 N–H and O–H groups in total. The fraction of sp³-hybridized carbons (Fsp3) is 0.109. The Labute approximate surface area is 607 Å². The SMILES string of the molecule is CC(C)(C)c1ccc(-c2ccc3c(c2)C2c4cc(-c5ccc(C(C)(C)C)cc5-c5ccccc5)ccc4N(c4c(-c5ccccc5)cccc4-c4ccccc4)c4cc(C5c6ccccc6Cc6ccccc65)cc(c42)N3c2c(-c3ccccc3)cccc2-c2ccccc2)c(-c2ccccc2)c1. The molecule has 0 radical (unpaired) electrons. The van der Waals surface area contributed by atoms with Crippen molar-refractivity contribution in [3.05, 3.63) is 407 Å². The van der Waals surface area contributed by atoms with E-state index >= 15 is 0 Å². The predicted molar refractivity (Wildman–Crippen MR) is 434 cm³/mol. The highest BCUT2D eigenvalue weighted by Crippen LogP contribution is 2.65. The van der Waals surface area contributed by atoms with Crippen LogP contribution in [0, 0.1) is 0 Å². The van der Waals surface area contributed by atoms with Crippen LogP contribution in [0.3, 0.4) is 0 Å². The van der Waals surface area contributed by atoms with Crippen LogP contribution in [0.4, 0.5) is 34.1 Å². The molecule has 3 aliphatic rings. The Kier molecular flexibility index (Phi) is 15.6. The third kappa shape index (κ3) is 11.1. The van der Waals surface area contributed by atoms with Gasteiger partial charge in [0, 0.05) is 39.7 Å². The molecule has 2 aliphatic heterocycles. The Hall–Kier alpha value is -12.1. The van der Waals surface area contributed by atoms with Gasteiger partial charge in [0.15, 0.2) is 0 Å². The van der Waals surface area contributed by atoms with Gasteiger partial charge in [-0.25, -0.2) is 0 Å². The summed E-state index contributed by atoms with van der Waals surface area (Å²) in [5, 5.41) is 0. The van der Waals surface area contributed by atoms with Crippen molar-refractivity contribution in [2.75, 3.05) is 9.80 Å². The summed E-state index contributed by atoms with van der Waals surface area (Å²) in [5.41, 5.74) is 38.4. The first-order valence-electron chi connectivity index (χ1n) is 36.5. The average Bonchev–Trinajstić information content (AvgIpc) is 0.686. The number of hydrogen-bond acceptors (Lipinski definition) is 2. The molecular formula is C101H80N2. The minimum absolute atomic E-state index is 0.0793. The van der Waals surface area contributed by atoms with E-state index in [0.717, 1.165) is 85.1 Å². The fourth-order valence-electron chi connectivity index (χ4n) is 16.9. The highest BCUT2D eigenvalue weighted by atomic mass is 15.2. The molecule has 0 bridgehead atoms. The van der Waals surface area contributed by atoms with Crippen LogP contribution < -0.4 is 9.80 Å². The highest BCUT2D eigenvalue weighted by Gasteiger charge is 2.45. The molecule has 2 heterocycles. The van der Waals surface area contributed by atoms with Gasteiger partial charge in [-0.3, -0.25) is 0 Å². The van der Waals surface area contributed by atoms with Crippen molar-refractivity contribution in [1.29, 1.82) is 0 Å². The minimum Gasteiger partial charge on any atom is -0.309 e. The average molecular weight is 1320 g/mol. The summed E-state index contributed by atoms with van der Waals surface area (Å²) >= 11 is 0. The number of benzene rings is 15. The lowest BCUT2D eigenvalue weighted by atomic mass is 9.71. The van der Waals surface area contributed by atoms with E-state index in [0.29, 0.717) is 0 Å². The normalized spacial score (nSPS) is 13.2. The van der Waals surface area contributed by atoms with Crippen LogP contribution in [0.5, 0.6) is 0 Å². The van der Waals surface area contributed by atoms with Gasteiger partial charge < -0.3 is 9.80 Å². The van der Waals surface area contributed by atoms with Crippen LogP contribution in [0.1, 0.15) is 109 Å². The van der Waals surface area contributed by atoms with E-state index in [-0.39, 0.29) is 22.7 Å². The summed E-state index contributed by atoms with van der Waals surface area (Å²) in [7, 11) is 0. The van der Waals surface area contributed by atoms with Gasteiger partial charge in [0.2, 0.25) is 0 Å². The summed E-state index contributed by atoms with van der Waals surface area (Å²) in [6.07, 6.45) is 0.873. The minimum atomic E-state index is -0.293. The van der Waals surface area contributed by atoms with E-state index in [4.69, 9.17) is 0 Å². The Bertz CT molecular complexity index is 5260. The van der Waals surface area contributed by atoms with Gasteiger partial charge in [-0.1, -0.05) is 357 Å². The number of anilines is 6. The zero-order valence-corrected chi connectivity index (χ0v) is 59.2. The molecule has 103 heavy (non-hydrogen) atoms. The molecule has 0 spiro atoms. The zero-order valence-electron chi connectivity index (χ0n) is 59.2. The van der Waals surface area contributed by atoms with Gasteiger partial charge in [0.05, 0.1) is 34.1 Å². The molecule has 0 unspecified atom stereocenters. The van der Waals surface area contributed by atoms with Gasteiger partial charge >= 0.3 is 0 Å². The van der Waals surface area contributed by atoms with Crippen molar-refractivity contribution < 1.29 is 0 Å². The van der Waals surface area contributed by atoms with E-state index in [1.165, 1.54) is 100 Å². The maximum atomic E-state index is 2.72. The zero-order chi connectivity index (χ0) is 69.5. The number of hydrogen-bond donors (Lipinski definition) is 0. The molecule has 1 aliphatic carbocycles. The number of fused-ring (bicyclic) bond motifs is 6. The van der Waals surface area contributed by atoms with Crippen molar-refractivity contribution in [3.63, 3.8) is 0 Å². The molecule has 18 rings (SSSR count). The molecule has 2 heteroatoms. The smallest absolute Gasteiger partial charge is 0.0618 e. The second-order valence-electron chi connectivity index (χ2n) is 30.3. The van der Waals surface area contributed by atoms with Crippen molar-refractivity contribution in [2.45, 2.75) is 70.6 Å². The molecule has 0 fully saturated rings. The first-order valence-corrected chi connectivity index (χ1v) is 36.5. The molecule has 0 saturated carbocycles. The van der Waals surface area contributed by atoms with E-state index in [9.17, 15) is 0 Å². The second kappa shape index (κ2) is 25.5. The largest absolute Gasteiger partial charge is 0.309 e. The molecule has 0 amide bonds. The molecular weight excluding hydrogens is 1240 g/mol. The predicted octanol–water partition coefficient (Wildman–Crippen LogP) is 27.4. The van der Waals surface area contributed by atoms with E-state index in [1.54, 1.807) is 0 Å². The summed E-state index contributed by atoms with van der Waals surface area (Å²) in [6.45, 7) is 14.0. The van der Waals surface area contributed by atoms with Crippen LogP contribution in [-0.2, 0) is 17.3 Å².